The first-order valence-corrected chi connectivity index (χ1v) is 6.14. The van der Waals surface area contributed by atoms with Gasteiger partial charge in [-0.15, -0.1) is 12.4 Å². The molecule has 0 aromatic rings. The molecule has 2 nitrogen and oxygen atoms in total. The van der Waals surface area contributed by atoms with Crippen LogP contribution in [0, 0.1) is 17.3 Å². The summed E-state index contributed by atoms with van der Waals surface area (Å²) in [7, 11) is 0. The number of halogens is 1. The van der Waals surface area contributed by atoms with Gasteiger partial charge in [0.1, 0.15) is 0 Å². The predicted molar refractivity (Wildman–Crippen MR) is 65.2 cm³/mol. The molecule has 0 spiro atoms. The number of nitrogens with zero attached hydrogens (tertiary/aromatic N) is 1. The third kappa shape index (κ3) is 2.17. The molecule has 2 saturated carbocycles. The van der Waals surface area contributed by atoms with E-state index in [-0.39, 0.29) is 12.4 Å². The highest BCUT2D eigenvalue weighted by Gasteiger charge is 2.45. The van der Waals surface area contributed by atoms with Crippen LogP contribution >= 0.6 is 12.4 Å². The average molecular weight is 231 g/mol. The topological polar surface area (TPSA) is 29.3 Å². The summed E-state index contributed by atoms with van der Waals surface area (Å²) in [5, 5.41) is 0. The van der Waals surface area contributed by atoms with Crippen LogP contribution in [0.4, 0.5) is 0 Å². The molecule has 2 N–H and O–H groups in total. The minimum Gasteiger partial charge on any atom is -0.327 e. The molecular formula is C12H23ClN2. The lowest BCUT2D eigenvalue weighted by atomic mass is 9.98. The van der Waals surface area contributed by atoms with E-state index < -0.39 is 0 Å². The molecule has 3 atom stereocenters. The van der Waals surface area contributed by atoms with E-state index in [0.717, 1.165) is 11.8 Å². The van der Waals surface area contributed by atoms with Crippen LogP contribution < -0.4 is 5.73 Å². The lowest BCUT2D eigenvalue weighted by molar-refractivity contribution is 0.254. The maximum absolute atomic E-state index is 6.13. The summed E-state index contributed by atoms with van der Waals surface area (Å²) in [6.45, 7) is 6.41. The minimum atomic E-state index is 0. The van der Waals surface area contributed by atoms with Gasteiger partial charge in [-0.2, -0.15) is 0 Å². The van der Waals surface area contributed by atoms with Gasteiger partial charge in [-0.25, -0.2) is 0 Å². The number of hydrogen-bond donors (Lipinski definition) is 1. The minimum absolute atomic E-state index is 0. The Labute approximate surface area is 99.0 Å². The van der Waals surface area contributed by atoms with Crippen molar-refractivity contribution in [1.82, 2.24) is 4.90 Å². The summed E-state index contributed by atoms with van der Waals surface area (Å²) < 4.78 is 0. The Morgan fingerprint density at radius 3 is 2.60 bits per heavy atom. The van der Waals surface area contributed by atoms with Crippen molar-refractivity contribution < 1.29 is 0 Å². The summed E-state index contributed by atoms with van der Waals surface area (Å²) in [6.07, 6.45) is 5.56. The van der Waals surface area contributed by atoms with Gasteiger partial charge in [0.05, 0.1) is 0 Å². The summed E-state index contributed by atoms with van der Waals surface area (Å²) in [5.74, 6) is 1.77. The van der Waals surface area contributed by atoms with E-state index in [0.29, 0.717) is 11.5 Å². The molecule has 3 aliphatic rings. The van der Waals surface area contributed by atoms with Crippen LogP contribution in [-0.4, -0.2) is 30.6 Å². The average Bonchev–Trinajstić information content (AvgIpc) is 2.58. The van der Waals surface area contributed by atoms with Gasteiger partial charge in [-0.05, 0) is 42.9 Å². The van der Waals surface area contributed by atoms with Crippen molar-refractivity contribution >= 4 is 12.4 Å². The summed E-state index contributed by atoms with van der Waals surface area (Å²) >= 11 is 0. The maximum atomic E-state index is 6.13. The van der Waals surface area contributed by atoms with Gasteiger partial charge in [0.2, 0.25) is 0 Å². The van der Waals surface area contributed by atoms with E-state index >= 15 is 0 Å². The predicted octanol–water partition coefficient (Wildman–Crippen LogP) is 1.88. The molecule has 3 fully saturated rings. The largest absolute Gasteiger partial charge is 0.327 e. The monoisotopic (exact) mass is 230 g/mol. The molecule has 2 aliphatic carbocycles. The Morgan fingerprint density at radius 1 is 1.27 bits per heavy atom. The molecule has 0 amide bonds. The fourth-order valence-corrected chi connectivity index (χ4v) is 3.44. The number of nitrogens with two attached hydrogens (primary N) is 1. The van der Waals surface area contributed by atoms with Crippen LogP contribution in [0.15, 0.2) is 0 Å². The van der Waals surface area contributed by atoms with Gasteiger partial charge in [-0.1, -0.05) is 6.92 Å². The molecule has 1 heterocycles. The number of fused-ring (bicyclic) bond motifs is 1. The SMILES string of the molecule is CC1(CN2C[C@@H]3CCC(N)[C@@H]3C2)CC1.Cl. The molecular weight excluding hydrogens is 208 g/mol. The Bertz CT molecular complexity index is 240. The molecule has 1 saturated heterocycles. The van der Waals surface area contributed by atoms with Crippen molar-refractivity contribution in [1.29, 1.82) is 0 Å². The molecule has 0 radical (unpaired) electrons. The van der Waals surface area contributed by atoms with E-state index in [4.69, 9.17) is 5.73 Å². The first kappa shape index (κ1) is 11.7. The molecule has 1 unspecified atom stereocenters. The van der Waals surface area contributed by atoms with Crippen molar-refractivity contribution in [3.63, 3.8) is 0 Å². The van der Waals surface area contributed by atoms with Gasteiger partial charge in [-0.3, -0.25) is 0 Å². The van der Waals surface area contributed by atoms with Crippen molar-refractivity contribution in [3.8, 4) is 0 Å². The molecule has 3 rings (SSSR count). The van der Waals surface area contributed by atoms with E-state index in [1.807, 2.05) is 0 Å². The summed E-state index contributed by atoms with van der Waals surface area (Å²) in [5.41, 5.74) is 6.82. The summed E-state index contributed by atoms with van der Waals surface area (Å²) in [4.78, 5) is 2.68. The molecule has 15 heavy (non-hydrogen) atoms. The fraction of sp³-hybridized carbons (Fsp3) is 1.00. The number of rotatable bonds is 2. The zero-order valence-electron chi connectivity index (χ0n) is 9.61. The highest BCUT2D eigenvalue weighted by molar-refractivity contribution is 5.85. The maximum Gasteiger partial charge on any atom is 0.00826 e. The van der Waals surface area contributed by atoms with Crippen LogP contribution in [-0.2, 0) is 0 Å². The zero-order chi connectivity index (χ0) is 9.76. The lowest BCUT2D eigenvalue weighted by Crippen LogP contribution is -2.32. The van der Waals surface area contributed by atoms with Crippen LogP contribution in [0.25, 0.3) is 0 Å². The van der Waals surface area contributed by atoms with Crippen molar-refractivity contribution in [2.24, 2.45) is 23.0 Å². The van der Waals surface area contributed by atoms with Crippen LogP contribution in [0.2, 0.25) is 0 Å². The van der Waals surface area contributed by atoms with Gasteiger partial charge in [0, 0.05) is 25.7 Å². The lowest BCUT2D eigenvalue weighted by Gasteiger charge is -2.21. The standard InChI is InChI=1S/C12H22N2.ClH/c1-12(4-5-12)8-14-6-9-2-3-11(13)10(9)7-14;/h9-11H,2-8,13H2,1H3;1H/t9-,10+,11?;/m0./s1. The van der Waals surface area contributed by atoms with E-state index in [1.165, 1.54) is 45.3 Å². The Morgan fingerprint density at radius 2 is 2.00 bits per heavy atom. The van der Waals surface area contributed by atoms with Gasteiger partial charge in [0.25, 0.3) is 0 Å². The van der Waals surface area contributed by atoms with Crippen LogP contribution in [0.1, 0.15) is 32.6 Å². The molecule has 0 bridgehead atoms. The van der Waals surface area contributed by atoms with Crippen LogP contribution in [0.3, 0.4) is 0 Å². The summed E-state index contributed by atoms with van der Waals surface area (Å²) in [6, 6.07) is 0.511. The third-order valence-corrected chi connectivity index (χ3v) is 4.70. The second kappa shape index (κ2) is 3.90. The molecule has 1 aliphatic heterocycles. The quantitative estimate of drug-likeness (QED) is 0.785. The van der Waals surface area contributed by atoms with Gasteiger partial charge >= 0.3 is 0 Å². The highest BCUT2D eigenvalue weighted by Crippen LogP contribution is 2.47. The molecule has 0 aromatic heterocycles. The second-order valence-corrected chi connectivity index (χ2v) is 6.17. The Kier molecular flexibility index (Phi) is 3.04. The fourth-order valence-electron chi connectivity index (χ4n) is 3.44. The van der Waals surface area contributed by atoms with E-state index in [2.05, 4.69) is 11.8 Å². The number of likely N-dealkylation sites (tertiary alicyclic amines) is 1. The van der Waals surface area contributed by atoms with Crippen molar-refractivity contribution in [2.75, 3.05) is 19.6 Å². The number of hydrogen-bond acceptors (Lipinski definition) is 2. The van der Waals surface area contributed by atoms with Gasteiger partial charge in [0.15, 0.2) is 0 Å². The highest BCUT2D eigenvalue weighted by atomic mass is 35.5. The smallest absolute Gasteiger partial charge is 0.00826 e. The van der Waals surface area contributed by atoms with E-state index in [9.17, 15) is 0 Å². The first-order chi connectivity index (χ1) is 6.66. The van der Waals surface area contributed by atoms with Crippen molar-refractivity contribution in [2.45, 2.75) is 38.6 Å². The van der Waals surface area contributed by atoms with Crippen LogP contribution in [0.5, 0.6) is 0 Å². The second-order valence-electron chi connectivity index (χ2n) is 6.17. The third-order valence-electron chi connectivity index (χ3n) is 4.70. The normalized spacial score (nSPS) is 42.4. The molecule has 3 heteroatoms. The van der Waals surface area contributed by atoms with E-state index in [1.54, 1.807) is 0 Å². The zero-order valence-corrected chi connectivity index (χ0v) is 10.4. The van der Waals surface area contributed by atoms with Gasteiger partial charge < -0.3 is 10.6 Å². The van der Waals surface area contributed by atoms with Crippen molar-refractivity contribution in [3.05, 3.63) is 0 Å². The Hall–Kier alpha value is 0.210. The molecule has 88 valence electrons. The Balaban J connectivity index is 0.000000853. The first-order valence-electron chi connectivity index (χ1n) is 6.14. The molecule has 0 aromatic carbocycles.